The molecule has 28 heavy (non-hydrogen) atoms. The summed E-state index contributed by atoms with van der Waals surface area (Å²) in [7, 11) is 1.53. The van der Waals surface area contributed by atoms with Crippen LogP contribution < -0.4 is 20.3 Å². The topological polar surface area (TPSA) is 56.8 Å². The summed E-state index contributed by atoms with van der Waals surface area (Å²) in [6, 6.07) is 11.6. The van der Waals surface area contributed by atoms with Gasteiger partial charge in [0.25, 0.3) is 0 Å². The van der Waals surface area contributed by atoms with Gasteiger partial charge in [0.15, 0.2) is 0 Å². The molecule has 0 aromatic heterocycles. The van der Waals surface area contributed by atoms with Gasteiger partial charge >= 0.3 is 6.03 Å². The monoisotopic (exact) mass is 406 g/mol. The second kappa shape index (κ2) is 9.61. The Labute approximate surface area is 169 Å². The zero-order chi connectivity index (χ0) is 19.9. The summed E-state index contributed by atoms with van der Waals surface area (Å²) in [5.74, 6) is 0.356. The second-order valence-electron chi connectivity index (χ2n) is 6.51. The number of anilines is 2. The van der Waals surface area contributed by atoms with Crippen LogP contribution in [0.25, 0.3) is 0 Å². The van der Waals surface area contributed by atoms with Crippen LogP contribution >= 0.6 is 11.6 Å². The Bertz CT molecular complexity index is 813. The van der Waals surface area contributed by atoms with E-state index >= 15 is 0 Å². The van der Waals surface area contributed by atoms with Crippen LogP contribution in [0.2, 0.25) is 5.02 Å². The quantitative estimate of drug-likeness (QED) is 0.771. The minimum absolute atomic E-state index is 0.189. The molecule has 0 radical (unpaired) electrons. The van der Waals surface area contributed by atoms with Crippen LogP contribution in [-0.4, -0.2) is 57.3 Å². The minimum atomic E-state index is -0.314. The number of benzene rings is 2. The Hall–Kier alpha value is -2.51. The van der Waals surface area contributed by atoms with E-state index in [1.54, 1.807) is 30.3 Å². The number of rotatable bonds is 6. The van der Waals surface area contributed by atoms with Gasteiger partial charge in [0.05, 0.1) is 18.5 Å². The number of carbonyl (C=O) groups excluding carboxylic acids is 1. The maximum atomic E-state index is 13.9. The van der Waals surface area contributed by atoms with Crippen molar-refractivity contribution in [1.29, 1.82) is 0 Å². The van der Waals surface area contributed by atoms with E-state index in [1.165, 1.54) is 13.2 Å². The number of nitrogens with one attached hydrogen (secondary N) is 2. The molecule has 0 saturated carbocycles. The molecule has 1 heterocycles. The van der Waals surface area contributed by atoms with Gasteiger partial charge in [-0.05, 0) is 30.3 Å². The third kappa shape index (κ3) is 5.27. The van der Waals surface area contributed by atoms with Crippen molar-refractivity contribution in [2.45, 2.75) is 0 Å². The number of amides is 2. The van der Waals surface area contributed by atoms with Gasteiger partial charge in [-0.15, -0.1) is 0 Å². The molecule has 0 atom stereocenters. The highest BCUT2D eigenvalue weighted by Gasteiger charge is 2.19. The normalized spacial score (nSPS) is 14.6. The first-order valence-corrected chi connectivity index (χ1v) is 9.55. The maximum Gasteiger partial charge on any atom is 0.319 e. The number of halogens is 2. The smallest absolute Gasteiger partial charge is 0.319 e. The SMILES string of the molecule is COc1ccc(Cl)cc1NC(=O)NCCN1CCN(c2ccccc2F)CC1. The molecule has 0 aliphatic carbocycles. The Morgan fingerprint density at radius 3 is 2.64 bits per heavy atom. The zero-order valence-corrected chi connectivity index (χ0v) is 16.5. The lowest BCUT2D eigenvalue weighted by Crippen LogP contribution is -2.49. The van der Waals surface area contributed by atoms with Gasteiger partial charge in [-0.2, -0.15) is 0 Å². The van der Waals surface area contributed by atoms with Crippen molar-refractivity contribution in [3.8, 4) is 5.75 Å². The predicted molar refractivity (Wildman–Crippen MR) is 110 cm³/mol. The summed E-state index contributed by atoms with van der Waals surface area (Å²) in [5.41, 5.74) is 1.17. The van der Waals surface area contributed by atoms with Gasteiger partial charge in [0, 0.05) is 44.3 Å². The van der Waals surface area contributed by atoms with E-state index in [-0.39, 0.29) is 11.8 Å². The lowest BCUT2D eigenvalue weighted by molar-refractivity contribution is 0.240. The van der Waals surface area contributed by atoms with E-state index in [2.05, 4.69) is 20.4 Å². The van der Waals surface area contributed by atoms with Crippen molar-refractivity contribution in [3.05, 3.63) is 53.3 Å². The van der Waals surface area contributed by atoms with Gasteiger partial charge in [-0.3, -0.25) is 4.90 Å². The highest BCUT2D eigenvalue weighted by atomic mass is 35.5. The molecule has 1 aliphatic rings. The summed E-state index contributed by atoms with van der Waals surface area (Å²) in [6.45, 7) is 4.39. The highest BCUT2D eigenvalue weighted by Crippen LogP contribution is 2.27. The highest BCUT2D eigenvalue weighted by molar-refractivity contribution is 6.31. The lowest BCUT2D eigenvalue weighted by Gasteiger charge is -2.36. The van der Waals surface area contributed by atoms with Crippen molar-refractivity contribution in [2.24, 2.45) is 0 Å². The summed E-state index contributed by atoms with van der Waals surface area (Å²) in [6.07, 6.45) is 0. The van der Waals surface area contributed by atoms with Crippen LogP contribution in [0.4, 0.5) is 20.6 Å². The molecule has 2 aromatic carbocycles. The second-order valence-corrected chi connectivity index (χ2v) is 6.94. The molecule has 0 unspecified atom stereocenters. The third-order valence-electron chi connectivity index (χ3n) is 4.69. The molecule has 1 fully saturated rings. The average molecular weight is 407 g/mol. The Balaban J connectivity index is 1.41. The van der Waals surface area contributed by atoms with Crippen molar-refractivity contribution in [3.63, 3.8) is 0 Å². The Morgan fingerprint density at radius 2 is 1.93 bits per heavy atom. The molecular formula is C20H24ClFN4O2. The van der Waals surface area contributed by atoms with Gasteiger partial charge < -0.3 is 20.3 Å². The van der Waals surface area contributed by atoms with Gasteiger partial charge in [0.1, 0.15) is 11.6 Å². The number of carbonyl (C=O) groups is 1. The van der Waals surface area contributed by atoms with E-state index in [1.807, 2.05) is 6.07 Å². The van der Waals surface area contributed by atoms with E-state index in [9.17, 15) is 9.18 Å². The summed E-state index contributed by atoms with van der Waals surface area (Å²) >= 11 is 5.97. The molecule has 2 N–H and O–H groups in total. The average Bonchev–Trinajstić information content (AvgIpc) is 2.69. The molecule has 0 bridgehead atoms. The molecule has 3 rings (SSSR count). The minimum Gasteiger partial charge on any atom is -0.495 e. The standard InChI is InChI=1S/C20H24ClFN4O2/c1-28-19-7-6-15(21)14-17(19)24-20(27)23-8-9-25-10-12-26(13-11-25)18-5-3-2-4-16(18)22/h2-7,14H,8-13H2,1H3,(H2,23,24,27). The first kappa shape index (κ1) is 20.2. The van der Waals surface area contributed by atoms with E-state index in [0.29, 0.717) is 28.7 Å². The number of piperazine rings is 1. The molecule has 2 aromatic rings. The lowest BCUT2D eigenvalue weighted by atomic mass is 10.2. The van der Waals surface area contributed by atoms with Crippen molar-refractivity contribution < 1.29 is 13.9 Å². The molecule has 0 spiro atoms. The van der Waals surface area contributed by atoms with E-state index in [4.69, 9.17) is 16.3 Å². The number of ether oxygens (including phenoxy) is 1. The number of hydrogen-bond acceptors (Lipinski definition) is 4. The Kier molecular flexibility index (Phi) is 6.95. The zero-order valence-electron chi connectivity index (χ0n) is 15.8. The fraction of sp³-hybridized carbons (Fsp3) is 0.350. The number of hydrogen-bond donors (Lipinski definition) is 2. The van der Waals surface area contributed by atoms with Gasteiger partial charge in [0.2, 0.25) is 0 Å². The number of nitrogens with zero attached hydrogens (tertiary/aromatic N) is 2. The number of para-hydroxylation sites is 1. The van der Waals surface area contributed by atoms with Crippen molar-refractivity contribution >= 4 is 29.0 Å². The predicted octanol–water partition coefficient (Wildman–Crippen LogP) is 3.43. The van der Waals surface area contributed by atoms with E-state index < -0.39 is 0 Å². The van der Waals surface area contributed by atoms with Crippen molar-refractivity contribution in [2.75, 3.05) is 56.6 Å². The molecule has 1 saturated heterocycles. The third-order valence-corrected chi connectivity index (χ3v) is 4.92. The Morgan fingerprint density at radius 1 is 1.18 bits per heavy atom. The molecule has 6 nitrogen and oxygen atoms in total. The van der Waals surface area contributed by atoms with Crippen LogP contribution in [0.1, 0.15) is 0 Å². The van der Waals surface area contributed by atoms with Crippen LogP contribution in [0.3, 0.4) is 0 Å². The fourth-order valence-electron chi connectivity index (χ4n) is 3.19. The number of urea groups is 1. The molecule has 2 amide bonds. The molecule has 8 heteroatoms. The van der Waals surface area contributed by atoms with Crippen LogP contribution in [0.5, 0.6) is 5.75 Å². The molecule has 150 valence electrons. The first-order valence-electron chi connectivity index (χ1n) is 9.17. The van der Waals surface area contributed by atoms with Crippen LogP contribution in [0.15, 0.2) is 42.5 Å². The largest absolute Gasteiger partial charge is 0.495 e. The van der Waals surface area contributed by atoms with Crippen LogP contribution in [-0.2, 0) is 0 Å². The van der Waals surface area contributed by atoms with Gasteiger partial charge in [-0.1, -0.05) is 23.7 Å². The summed E-state index contributed by atoms with van der Waals surface area (Å²) < 4.78 is 19.1. The molecular weight excluding hydrogens is 383 g/mol. The summed E-state index contributed by atoms with van der Waals surface area (Å²) in [5, 5.41) is 6.10. The van der Waals surface area contributed by atoms with Crippen molar-refractivity contribution in [1.82, 2.24) is 10.2 Å². The molecule has 1 aliphatic heterocycles. The number of methoxy groups -OCH3 is 1. The fourth-order valence-corrected chi connectivity index (χ4v) is 3.36. The van der Waals surface area contributed by atoms with Crippen LogP contribution in [0, 0.1) is 5.82 Å². The van der Waals surface area contributed by atoms with Gasteiger partial charge in [-0.25, -0.2) is 9.18 Å². The summed E-state index contributed by atoms with van der Waals surface area (Å²) in [4.78, 5) is 16.4. The van der Waals surface area contributed by atoms with E-state index in [0.717, 1.165) is 32.7 Å². The first-order chi connectivity index (χ1) is 13.6. The maximum absolute atomic E-state index is 13.9.